The Morgan fingerprint density at radius 2 is 1.93 bits per heavy atom. The molecule has 2 aromatic heterocycles. The summed E-state index contributed by atoms with van der Waals surface area (Å²) in [7, 11) is -3.92. The predicted molar refractivity (Wildman–Crippen MR) is 159 cm³/mol. The van der Waals surface area contributed by atoms with E-state index in [1.54, 1.807) is 0 Å². The molecule has 10 nitrogen and oxygen atoms in total. The van der Waals surface area contributed by atoms with Gasteiger partial charge in [0.1, 0.15) is 10.4 Å². The van der Waals surface area contributed by atoms with Crippen molar-refractivity contribution < 1.29 is 31.1 Å². The van der Waals surface area contributed by atoms with E-state index in [-0.39, 0.29) is 52.2 Å². The van der Waals surface area contributed by atoms with E-state index in [1.807, 2.05) is 12.1 Å². The normalized spacial score (nSPS) is 22.4. The van der Waals surface area contributed by atoms with Crippen molar-refractivity contribution in [3.63, 3.8) is 0 Å². The molecule has 0 radical (unpaired) electrons. The monoisotopic (exact) mass is 648 g/mol. The molecule has 3 fully saturated rings. The van der Waals surface area contributed by atoms with Gasteiger partial charge in [-0.05, 0) is 55.5 Å². The minimum Gasteiger partial charge on any atom is -0.377 e. The minimum atomic E-state index is -4.81. The van der Waals surface area contributed by atoms with E-state index in [0.29, 0.717) is 35.2 Å². The Labute approximate surface area is 256 Å². The van der Waals surface area contributed by atoms with Crippen molar-refractivity contribution in [3.05, 3.63) is 46.5 Å². The fourth-order valence-electron chi connectivity index (χ4n) is 5.94. The first-order valence-electron chi connectivity index (χ1n) is 14.6. The molecule has 1 aromatic carbocycles. The lowest BCUT2D eigenvalue weighted by Gasteiger charge is -2.36. The quantitative estimate of drug-likeness (QED) is 0.404. The summed E-state index contributed by atoms with van der Waals surface area (Å²) >= 11 is 0.709. The van der Waals surface area contributed by atoms with Gasteiger partial charge in [-0.1, -0.05) is 0 Å². The predicted octanol–water partition coefficient (Wildman–Crippen LogP) is 4.27. The molecule has 3 aromatic rings. The average molecular weight is 649 g/mol. The SMILES string of the molecule is C[C@H]1CNCCN1c1ccc(Nc2ncc(C(F)(F)F)c(-c3cc4c(s3)C(=O)N(C3COC3)CCS4(=O)=O)n2)c(C2CC2)c1. The van der Waals surface area contributed by atoms with E-state index >= 15 is 0 Å². The van der Waals surface area contributed by atoms with Crippen molar-refractivity contribution in [1.82, 2.24) is 20.2 Å². The van der Waals surface area contributed by atoms with E-state index in [9.17, 15) is 26.4 Å². The van der Waals surface area contributed by atoms with Gasteiger partial charge in [-0.15, -0.1) is 11.3 Å². The van der Waals surface area contributed by atoms with Gasteiger partial charge in [0.2, 0.25) is 5.95 Å². The molecule has 15 heteroatoms. The lowest BCUT2D eigenvalue weighted by molar-refractivity contribution is -0.137. The molecule has 2 N–H and O–H groups in total. The number of hydrogen-bond donors (Lipinski definition) is 2. The lowest BCUT2D eigenvalue weighted by atomic mass is 10.1. The summed E-state index contributed by atoms with van der Waals surface area (Å²) in [5.41, 5.74) is 1.27. The van der Waals surface area contributed by atoms with Gasteiger partial charge in [0.25, 0.3) is 5.91 Å². The number of piperazine rings is 1. The van der Waals surface area contributed by atoms with Gasteiger partial charge in [0.15, 0.2) is 9.84 Å². The number of rotatable bonds is 6. The molecule has 44 heavy (non-hydrogen) atoms. The number of benzene rings is 1. The number of thiophene rings is 1. The Morgan fingerprint density at radius 1 is 1.14 bits per heavy atom. The van der Waals surface area contributed by atoms with Crippen LogP contribution in [0.1, 0.15) is 46.5 Å². The zero-order chi connectivity index (χ0) is 30.8. The second-order valence-electron chi connectivity index (χ2n) is 11.7. The first kappa shape index (κ1) is 29.4. The highest BCUT2D eigenvalue weighted by atomic mass is 32.2. The maximum absolute atomic E-state index is 14.2. The first-order valence-corrected chi connectivity index (χ1v) is 17.0. The molecule has 234 valence electrons. The van der Waals surface area contributed by atoms with Crippen molar-refractivity contribution in [2.24, 2.45) is 0 Å². The van der Waals surface area contributed by atoms with Crippen LogP contribution >= 0.6 is 11.3 Å². The molecular weight excluding hydrogens is 617 g/mol. The summed E-state index contributed by atoms with van der Waals surface area (Å²) in [6, 6.07) is 7.24. The number of sulfone groups is 1. The first-order chi connectivity index (χ1) is 21.0. The number of fused-ring (bicyclic) bond motifs is 1. The second kappa shape index (κ2) is 11.0. The van der Waals surface area contributed by atoms with Crippen molar-refractivity contribution in [2.45, 2.75) is 48.8 Å². The largest absolute Gasteiger partial charge is 0.420 e. The van der Waals surface area contributed by atoms with Gasteiger partial charge < -0.3 is 25.2 Å². The molecular formula is C29H31F3N6O4S2. The number of nitrogens with one attached hydrogen (secondary N) is 2. The van der Waals surface area contributed by atoms with Crippen molar-refractivity contribution in [2.75, 3.05) is 55.4 Å². The molecule has 4 aliphatic rings. The van der Waals surface area contributed by atoms with E-state index in [0.717, 1.165) is 49.8 Å². The number of hydrogen-bond acceptors (Lipinski definition) is 10. The Hall–Kier alpha value is -3.27. The summed E-state index contributed by atoms with van der Waals surface area (Å²) in [6.07, 6.45) is -2.07. The number of ether oxygens (including phenoxy) is 1. The number of carbonyl (C=O) groups excluding carboxylic acids is 1. The van der Waals surface area contributed by atoms with Crippen LogP contribution in [0.25, 0.3) is 10.6 Å². The third-order valence-electron chi connectivity index (χ3n) is 8.61. The van der Waals surface area contributed by atoms with Crippen LogP contribution in [0.3, 0.4) is 0 Å². The van der Waals surface area contributed by atoms with Crippen molar-refractivity contribution in [1.29, 1.82) is 0 Å². The molecule has 1 amide bonds. The number of carbonyl (C=O) groups is 1. The second-order valence-corrected chi connectivity index (χ2v) is 14.8. The zero-order valence-electron chi connectivity index (χ0n) is 23.9. The smallest absolute Gasteiger partial charge is 0.377 e. The minimum absolute atomic E-state index is 0.00299. The van der Waals surface area contributed by atoms with E-state index in [4.69, 9.17) is 4.74 Å². The van der Waals surface area contributed by atoms with Crippen LogP contribution in [-0.2, 0) is 20.8 Å². The van der Waals surface area contributed by atoms with Crippen LogP contribution in [-0.4, -0.2) is 86.4 Å². The number of halogens is 3. The third kappa shape index (κ3) is 5.43. The zero-order valence-corrected chi connectivity index (χ0v) is 25.5. The molecule has 1 atom stereocenters. The fourth-order valence-corrected chi connectivity index (χ4v) is 8.86. The fraction of sp³-hybridized carbons (Fsp3) is 0.483. The van der Waals surface area contributed by atoms with Crippen molar-refractivity contribution >= 4 is 44.4 Å². The number of aromatic nitrogens is 2. The molecule has 3 aliphatic heterocycles. The summed E-state index contributed by atoms with van der Waals surface area (Å²) < 4.78 is 74.1. The van der Waals surface area contributed by atoms with Crippen LogP contribution in [0, 0.1) is 0 Å². The number of amides is 1. The summed E-state index contributed by atoms with van der Waals surface area (Å²) in [4.78, 5) is 25.0. The Balaban J connectivity index is 1.26. The number of anilines is 3. The van der Waals surface area contributed by atoms with E-state index < -0.39 is 33.2 Å². The molecule has 2 saturated heterocycles. The lowest BCUT2D eigenvalue weighted by Crippen LogP contribution is -2.52. The average Bonchev–Trinajstić information content (AvgIpc) is 3.71. The Bertz CT molecular complexity index is 1720. The summed E-state index contributed by atoms with van der Waals surface area (Å²) in [6.45, 7) is 5.38. The third-order valence-corrected chi connectivity index (χ3v) is 11.6. The van der Waals surface area contributed by atoms with Crippen LogP contribution in [0.5, 0.6) is 0 Å². The molecule has 7 rings (SSSR count). The van der Waals surface area contributed by atoms with Gasteiger partial charge in [-0.3, -0.25) is 4.79 Å². The molecule has 1 saturated carbocycles. The number of nitrogens with zero attached hydrogens (tertiary/aromatic N) is 4. The van der Waals surface area contributed by atoms with E-state index in [1.165, 1.54) is 4.90 Å². The van der Waals surface area contributed by atoms with Crippen LogP contribution in [0.15, 0.2) is 35.4 Å². The Morgan fingerprint density at radius 3 is 2.61 bits per heavy atom. The maximum atomic E-state index is 14.2. The summed E-state index contributed by atoms with van der Waals surface area (Å²) in [5, 5.41) is 6.53. The van der Waals surface area contributed by atoms with Crippen molar-refractivity contribution in [3.8, 4) is 10.6 Å². The topological polar surface area (TPSA) is 117 Å². The number of alkyl halides is 3. The molecule has 0 unspecified atom stereocenters. The van der Waals surface area contributed by atoms with E-state index in [2.05, 4.69) is 38.5 Å². The highest BCUT2D eigenvalue weighted by molar-refractivity contribution is 7.91. The molecule has 5 heterocycles. The van der Waals surface area contributed by atoms with Gasteiger partial charge in [-0.2, -0.15) is 13.2 Å². The van der Waals surface area contributed by atoms with Crippen LogP contribution < -0.4 is 15.5 Å². The van der Waals surface area contributed by atoms with Gasteiger partial charge in [0, 0.05) is 49.8 Å². The molecule has 1 aliphatic carbocycles. The Kier molecular flexibility index (Phi) is 7.34. The highest BCUT2D eigenvalue weighted by Crippen LogP contribution is 2.46. The van der Waals surface area contributed by atoms with Gasteiger partial charge in [0.05, 0.1) is 40.5 Å². The molecule has 0 spiro atoms. The highest BCUT2D eigenvalue weighted by Gasteiger charge is 2.41. The molecule has 0 bridgehead atoms. The van der Waals surface area contributed by atoms with Crippen LogP contribution in [0.2, 0.25) is 0 Å². The maximum Gasteiger partial charge on any atom is 0.420 e. The summed E-state index contributed by atoms with van der Waals surface area (Å²) in [5.74, 6) is -0.574. The van der Waals surface area contributed by atoms with Crippen LogP contribution in [0.4, 0.5) is 30.5 Å². The standard InChI is InChI=1S/C29H31F3N6O4S2/c1-16-12-33-6-7-37(16)18-4-5-22(20(10-18)17-2-3-17)35-28-34-13-21(29(30,31)32)25(36-28)23-11-24-26(43-23)27(39)38(19-14-42-15-19)8-9-44(24,40)41/h4-5,10-11,13,16-17,19,33H,2-3,6-9,12,14-15H2,1H3,(H,34,35,36)/t16-/m0/s1. The van der Waals surface area contributed by atoms with Gasteiger partial charge in [-0.25, -0.2) is 18.4 Å². The van der Waals surface area contributed by atoms with Gasteiger partial charge >= 0.3 is 6.18 Å².